The van der Waals surface area contributed by atoms with Gasteiger partial charge in [0.05, 0.1) is 16.4 Å². The van der Waals surface area contributed by atoms with Crippen molar-refractivity contribution in [1.82, 2.24) is 0 Å². The number of halogens is 2. The molecule has 1 rings (SSSR count). The van der Waals surface area contributed by atoms with Gasteiger partial charge in [0.1, 0.15) is 18.0 Å². The van der Waals surface area contributed by atoms with E-state index in [9.17, 15) is 9.18 Å². The van der Waals surface area contributed by atoms with E-state index in [0.717, 1.165) is 6.07 Å². The van der Waals surface area contributed by atoms with Crippen molar-refractivity contribution in [3.63, 3.8) is 0 Å². The summed E-state index contributed by atoms with van der Waals surface area (Å²) in [6.45, 7) is 1.26. The maximum Gasteiger partial charge on any atom is 0.237 e. The van der Waals surface area contributed by atoms with Crippen LogP contribution < -0.4 is 10.7 Å². The van der Waals surface area contributed by atoms with Crippen LogP contribution in [0.2, 0.25) is 5.02 Å². The molecule has 1 amide bonds. The van der Waals surface area contributed by atoms with Crippen LogP contribution in [0, 0.1) is 28.5 Å². The molecular weight excluding hydrogens is 273 g/mol. The topological polar surface area (TPSA) is 101 Å². The molecule has 0 aliphatic carbocycles. The summed E-state index contributed by atoms with van der Waals surface area (Å²) < 4.78 is 13.3. The van der Waals surface area contributed by atoms with Crippen LogP contribution in [0.5, 0.6) is 0 Å². The van der Waals surface area contributed by atoms with E-state index in [2.05, 4.69) is 15.8 Å². The lowest BCUT2D eigenvalue weighted by Crippen LogP contribution is -2.09. The Morgan fingerprint density at radius 1 is 1.37 bits per heavy atom. The van der Waals surface area contributed by atoms with Crippen molar-refractivity contribution in [1.29, 1.82) is 10.5 Å². The van der Waals surface area contributed by atoms with Crippen LogP contribution in [0.3, 0.4) is 0 Å². The third kappa shape index (κ3) is 3.95. The minimum absolute atomic E-state index is 0.0695. The molecule has 19 heavy (non-hydrogen) atoms. The van der Waals surface area contributed by atoms with Crippen molar-refractivity contribution in [2.75, 3.05) is 10.7 Å². The monoisotopic (exact) mass is 279 g/mol. The molecule has 0 atom stereocenters. The molecule has 0 aromatic heterocycles. The number of carbonyl (C=O) groups is 1. The van der Waals surface area contributed by atoms with Gasteiger partial charge >= 0.3 is 0 Å². The van der Waals surface area contributed by atoms with Gasteiger partial charge in [-0.1, -0.05) is 11.6 Å². The molecule has 0 spiro atoms. The molecule has 0 bridgehead atoms. The predicted octanol–water partition coefficient (Wildman–Crippen LogP) is 2.25. The normalized spacial score (nSPS) is 8.89. The Morgan fingerprint density at radius 2 is 2.00 bits per heavy atom. The van der Waals surface area contributed by atoms with Crippen molar-refractivity contribution in [2.45, 2.75) is 6.92 Å². The minimum Gasteiger partial charge on any atom is -0.324 e. The first-order valence-corrected chi connectivity index (χ1v) is 5.26. The number of nitrogens with one attached hydrogen (secondary N) is 2. The summed E-state index contributed by atoms with van der Waals surface area (Å²) >= 11 is 5.59. The van der Waals surface area contributed by atoms with E-state index in [-0.39, 0.29) is 16.4 Å². The summed E-state index contributed by atoms with van der Waals surface area (Å²) in [5, 5.41) is 22.7. The number of rotatable bonds is 3. The number of hydrogen-bond acceptors (Lipinski definition) is 5. The predicted molar refractivity (Wildman–Crippen MR) is 68.0 cm³/mol. The zero-order chi connectivity index (χ0) is 14.4. The van der Waals surface area contributed by atoms with E-state index in [1.165, 1.54) is 25.1 Å². The van der Waals surface area contributed by atoms with Gasteiger partial charge in [-0.05, 0) is 6.07 Å². The van der Waals surface area contributed by atoms with Gasteiger partial charge < -0.3 is 5.32 Å². The van der Waals surface area contributed by atoms with Crippen LogP contribution in [0.1, 0.15) is 6.92 Å². The second-order valence-corrected chi connectivity index (χ2v) is 3.70. The van der Waals surface area contributed by atoms with Crippen LogP contribution in [-0.2, 0) is 4.79 Å². The summed E-state index contributed by atoms with van der Waals surface area (Å²) in [6, 6.07) is 5.23. The zero-order valence-corrected chi connectivity index (χ0v) is 10.4. The second-order valence-electron chi connectivity index (χ2n) is 3.29. The second kappa shape index (κ2) is 6.34. The van der Waals surface area contributed by atoms with Gasteiger partial charge in [-0.2, -0.15) is 15.6 Å². The number of benzene rings is 1. The van der Waals surface area contributed by atoms with Crippen LogP contribution in [-0.4, -0.2) is 11.6 Å². The molecule has 96 valence electrons. The number of hydrazone groups is 1. The lowest BCUT2D eigenvalue weighted by Gasteiger charge is -2.10. The largest absolute Gasteiger partial charge is 0.324 e. The molecule has 0 heterocycles. The van der Waals surface area contributed by atoms with Crippen LogP contribution in [0.25, 0.3) is 0 Å². The minimum atomic E-state index is -0.732. The van der Waals surface area contributed by atoms with E-state index in [1.807, 2.05) is 0 Å². The van der Waals surface area contributed by atoms with Gasteiger partial charge in [0.15, 0.2) is 0 Å². The third-order valence-electron chi connectivity index (χ3n) is 1.87. The highest BCUT2D eigenvalue weighted by atomic mass is 35.5. The summed E-state index contributed by atoms with van der Waals surface area (Å²) in [4.78, 5) is 11.0. The maximum absolute atomic E-state index is 13.3. The van der Waals surface area contributed by atoms with Crippen molar-refractivity contribution in [3.8, 4) is 12.1 Å². The van der Waals surface area contributed by atoms with Crippen LogP contribution in [0.15, 0.2) is 17.2 Å². The first kappa shape index (κ1) is 14.4. The molecule has 1 aromatic carbocycles. The molecule has 2 N–H and O–H groups in total. The lowest BCUT2D eigenvalue weighted by molar-refractivity contribution is -0.114. The smallest absolute Gasteiger partial charge is 0.237 e. The van der Waals surface area contributed by atoms with E-state index in [4.69, 9.17) is 22.1 Å². The summed E-state index contributed by atoms with van der Waals surface area (Å²) in [7, 11) is 0. The highest BCUT2D eigenvalue weighted by Gasteiger charge is 2.10. The lowest BCUT2D eigenvalue weighted by atomic mass is 10.2. The molecule has 0 aliphatic heterocycles. The number of nitriles is 2. The van der Waals surface area contributed by atoms with Crippen LogP contribution in [0.4, 0.5) is 15.8 Å². The molecule has 8 heteroatoms. The Morgan fingerprint density at radius 3 is 2.53 bits per heavy atom. The maximum atomic E-state index is 13.3. The van der Waals surface area contributed by atoms with Crippen molar-refractivity contribution >= 4 is 34.6 Å². The van der Waals surface area contributed by atoms with E-state index in [1.54, 1.807) is 0 Å². The van der Waals surface area contributed by atoms with Gasteiger partial charge in [-0.25, -0.2) is 4.39 Å². The Kier molecular flexibility index (Phi) is 4.81. The summed E-state index contributed by atoms with van der Waals surface area (Å²) in [5.41, 5.74) is 2.13. The van der Waals surface area contributed by atoms with Gasteiger partial charge in [-0.3, -0.25) is 10.2 Å². The van der Waals surface area contributed by atoms with Crippen molar-refractivity contribution in [2.24, 2.45) is 5.10 Å². The standard InChI is InChI=1S/C11H7ClFN5O/c1-6(19)16-10-2-8(12)9(13)3-11(10)18-17-7(4-14)5-15/h2-3,18H,1H3,(H,16,19). The molecule has 0 aliphatic rings. The van der Waals surface area contributed by atoms with Gasteiger partial charge in [0.2, 0.25) is 11.6 Å². The summed E-state index contributed by atoms with van der Waals surface area (Å²) in [5.74, 6) is -1.13. The van der Waals surface area contributed by atoms with Gasteiger partial charge in [0, 0.05) is 13.0 Å². The Labute approximate surface area is 113 Å². The summed E-state index contributed by atoms with van der Waals surface area (Å²) in [6.07, 6.45) is 0. The first-order chi connectivity index (χ1) is 8.97. The number of anilines is 2. The highest BCUT2D eigenvalue weighted by Crippen LogP contribution is 2.28. The molecular formula is C11H7ClFN5O. The van der Waals surface area contributed by atoms with E-state index in [0.29, 0.717) is 0 Å². The quantitative estimate of drug-likeness (QED) is 0.654. The number of hydrogen-bond donors (Lipinski definition) is 2. The molecule has 0 saturated carbocycles. The molecule has 0 saturated heterocycles. The molecule has 0 radical (unpaired) electrons. The fourth-order valence-electron chi connectivity index (χ4n) is 1.12. The Balaban J connectivity index is 3.15. The van der Waals surface area contributed by atoms with Gasteiger partial charge in [0.25, 0.3) is 0 Å². The average Bonchev–Trinajstić information content (AvgIpc) is 2.35. The van der Waals surface area contributed by atoms with Crippen molar-refractivity contribution in [3.05, 3.63) is 23.0 Å². The molecule has 0 unspecified atom stereocenters. The SMILES string of the molecule is CC(=O)Nc1cc(Cl)c(F)cc1NN=C(C#N)C#N. The molecule has 1 aromatic rings. The molecule has 6 nitrogen and oxygen atoms in total. The zero-order valence-electron chi connectivity index (χ0n) is 9.66. The highest BCUT2D eigenvalue weighted by molar-refractivity contribution is 6.31. The number of nitrogens with zero attached hydrogens (tertiary/aromatic N) is 3. The fraction of sp³-hybridized carbons (Fsp3) is 0.0909. The Hall–Kier alpha value is -2.64. The number of carbonyl (C=O) groups excluding carboxylic acids is 1. The van der Waals surface area contributed by atoms with Crippen LogP contribution >= 0.6 is 11.6 Å². The average molecular weight is 280 g/mol. The van der Waals surface area contributed by atoms with Crippen molar-refractivity contribution < 1.29 is 9.18 Å². The Bertz CT molecular complexity index is 613. The number of amides is 1. The third-order valence-corrected chi connectivity index (χ3v) is 2.16. The molecule has 0 fully saturated rings. The van der Waals surface area contributed by atoms with E-state index < -0.39 is 17.4 Å². The van der Waals surface area contributed by atoms with Gasteiger partial charge in [-0.15, -0.1) is 0 Å². The fourth-order valence-corrected chi connectivity index (χ4v) is 1.29. The van der Waals surface area contributed by atoms with E-state index >= 15 is 0 Å². The first-order valence-electron chi connectivity index (χ1n) is 4.88.